The van der Waals surface area contributed by atoms with Crippen LogP contribution in [-0.2, 0) is 27.4 Å². The molecule has 9 nitrogen and oxygen atoms in total. The van der Waals surface area contributed by atoms with Crippen LogP contribution >= 0.6 is 0 Å². The van der Waals surface area contributed by atoms with E-state index in [0.717, 1.165) is 44.3 Å². The van der Waals surface area contributed by atoms with Gasteiger partial charge in [-0.15, -0.1) is 0 Å². The van der Waals surface area contributed by atoms with Crippen molar-refractivity contribution >= 4 is 17.8 Å². The zero-order valence-electron chi connectivity index (χ0n) is 18.3. The Morgan fingerprint density at radius 3 is 2.14 bits per heavy atom. The van der Waals surface area contributed by atoms with Crippen LogP contribution in [0.25, 0.3) is 0 Å². The van der Waals surface area contributed by atoms with Crippen molar-refractivity contribution in [1.29, 1.82) is 0 Å². The second-order valence-electron chi connectivity index (χ2n) is 6.86. The van der Waals surface area contributed by atoms with E-state index < -0.39 is 24.3 Å². The zero-order chi connectivity index (χ0) is 26.6. The molecule has 2 N–H and O–H groups in total. The molecule has 1 aliphatic rings. The molecular formula is C20H23F6N3O6. The third-order valence-electron chi connectivity index (χ3n) is 4.26. The summed E-state index contributed by atoms with van der Waals surface area (Å²) in [5.74, 6) is -3.43. The van der Waals surface area contributed by atoms with E-state index in [0.29, 0.717) is 6.61 Å². The number of furan rings is 1. The molecule has 35 heavy (non-hydrogen) atoms. The summed E-state index contributed by atoms with van der Waals surface area (Å²) in [6.07, 6.45) is -6.58. The first kappa shape index (κ1) is 29.7. The zero-order valence-corrected chi connectivity index (χ0v) is 18.3. The Kier molecular flexibility index (Phi) is 11.5. The Labute approximate surface area is 195 Å². The van der Waals surface area contributed by atoms with Crippen molar-refractivity contribution in [2.24, 2.45) is 0 Å². The van der Waals surface area contributed by atoms with Crippen molar-refractivity contribution in [2.75, 3.05) is 38.3 Å². The van der Waals surface area contributed by atoms with Crippen molar-refractivity contribution in [1.82, 2.24) is 9.88 Å². The first-order valence-electron chi connectivity index (χ1n) is 9.78. The van der Waals surface area contributed by atoms with Crippen LogP contribution in [0.15, 0.2) is 41.1 Å². The quantitative estimate of drug-likeness (QED) is 0.578. The number of aliphatic carboxylic acids is 2. The summed E-state index contributed by atoms with van der Waals surface area (Å²) < 4.78 is 74.2. The Hall–Kier alpha value is -3.33. The lowest BCUT2D eigenvalue weighted by Gasteiger charge is -2.23. The third kappa shape index (κ3) is 11.1. The van der Waals surface area contributed by atoms with Gasteiger partial charge in [-0.2, -0.15) is 26.3 Å². The van der Waals surface area contributed by atoms with E-state index in [1.807, 2.05) is 24.4 Å². The number of hydrogen-bond donors (Lipinski definition) is 2. The summed E-state index contributed by atoms with van der Waals surface area (Å²) in [4.78, 5) is 27.1. The van der Waals surface area contributed by atoms with E-state index in [2.05, 4.69) is 20.9 Å². The summed E-state index contributed by atoms with van der Waals surface area (Å²) in [5.41, 5.74) is 1.26. The molecule has 0 amide bonds. The summed E-state index contributed by atoms with van der Waals surface area (Å²) in [6, 6.07) is 8.12. The first-order valence-corrected chi connectivity index (χ1v) is 9.78. The number of carboxylic acid groups (broad SMARTS) is 2. The van der Waals surface area contributed by atoms with Gasteiger partial charge in [0.1, 0.15) is 11.6 Å². The maximum Gasteiger partial charge on any atom is 0.490 e. The molecule has 0 unspecified atom stereocenters. The number of nitrogens with zero attached hydrogens (tertiary/aromatic N) is 3. The molecule has 0 aliphatic carbocycles. The standard InChI is InChI=1S/C16H21N3O2.2C2HF3O2/c1-20-11-9-19-8-7-18(13-15-5-3-10-21-15)12-14-4-2-6-17-16(14)19;2*3-2(4,5)1(6)7/h2-6,10H,7-9,11-13H2,1H3;2*(H,6,7). The van der Waals surface area contributed by atoms with Gasteiger partial charge in [-0.1, -0.05) is 6.07 Å². The number of ether oxygens (including phenoxy) is 1. The van der Waals surface area contributed by atoms with E-state index in [1.165, 1.54) is 5.56 Å². The molecule has 0 radical (unpaired) electrons. The fraction of sp³-hybridized carbons (Fsp3) is 0.450. The van der Waals surface area contributed by atoms with Crippen LogP contribution in [0.1, 0.15) is 11.3 Å². The smallest absolute Gasteiger partial charge is 0.475 e. The van der Waals surface area contributed by atoms with Gasteiger partial charge in [0.15, 0.2) is 0 Å². The highest BCUT2D eigenvalue weighted by Crippen LogP contribution is 2.23. The highest BCUT2D eigenvalue weighted by Gasteiger charge is 2.38. The number of anilines is 1. The molecular weight excluding hydrogens is 492 g/mol. The molecule has 196 valence electrons. The van der Waals surface area contributed by atoms with Gasteiger partial charge >= 0.3 is 24.3 Å². The molecule has 0 fully saturated rings. The largest absolute Gasteiger partial charge is 0.490 e. The fourth-order valence-electron chi connectivity index (χ4n) is 2.70. The number of carboxylic acids is 2. The van der Waals surface area contributed by atoms with Gasteiger partial charge < -0.3 is 24.3 Å². The molecule has 0 aromatic carbocycles. The molecule has 0 spiro atoms. The van der Waals surface area contributed by atoms with Crippen molar-refractivity contribution < 1.29 is 55.3 Å². The second kappa shape index (κ2) is 13.5. The molecule has 2 aromatic heterocycles. The van der Waals surface area contributed by atoms with Gasteiger partial charge in [0.05, 0.1) is 19.4 Å². The average molecular weight is 515 g/mol. The number of pyridine rings is 1. The van der Waals surface area contributed by atoms with Gasteiger partial charge in [-0.05, 0) is 18.2 Å². The predicted molar refractivity (Wildman–Crippen MR) is 109 cm³/mol. The molecule has 0 saturated carbocycles. The molecule has 15 heteroatoms. The Morgan fingerprint density at radius 2 is 1.66 bits per heavy atom. The normalized spacial score (nSPS) is 14.0. The van der Waals surface area contributed by atoms with Crippen molar-refractivity contribution in [3.8, 4) is 0 Å². The molecule has 0 atom stereocenters. The minimum Gasteiger partial charge on any atom is -0.475 e. The molecule has 0 bridgehead atoms. The fourth-order valence-corrected chi connectivity index (χ4v) is 2.70. The molecule has 3 rings (SSSR count). The number of methoxy groups -OCH3 is 1. The highest BCUT2D eigenvalue weighted by molar-refractivity contribution is 5.73. The highest BCUT2D eigenvalue weighted by atomic mass is 19.4. The van der Waals surface area contributed by atoms with Crippen LogP contribution in [0.5, 0.6) is 0 Å². The molecule has 0 saturated heterocycles. The summed E-state index contributed by atoms with van der Waals surface area (Å²) in [6.45, 7) is 5.25. The maximum atomic E-state index is 10.6. The number of alkyl halides is 6. The van der Waals surface area contributed by atoms with Crippen molar-refractivity contribution in [3.63, 3.8) is 0 Å². The molecule has 2 aromatic rings. The minimum atomic E-state index is -5.08. The van der Waals surface area contributed by atoms with Gasteiger partial charge in [0, 0.05) is 45.0 Å². The minimum absolute atomic E-state index is 0.716. The number of fused-ring (bicyclic) bond motifs is 1. The lowest BCUT2D eigenvalue weighted by atomic mass is 10.2. The van der Waals surface area contributed by atoms with Crippen LogP contribution < -0.4 is 4.90 Å². The Balaban J connectivity index is 0.000000362. The topological polar surface area (TPSA) is 116 Å². The molecule has 3 heterocycles. The average Bonchev–Trinajstić information content (AvgIpc) is 3.20. The van der Waals surface area contributed by atoms with Gasteiger partial charge in [-0.25, -0.2) is 14.6 Å². The van der Waals surface area contributed by atoms with Crippen LogP contribution in [0, 0.1) is 0 Å². The van der Waals surface area contributed by atoms with Gasteiger partial charge in [0.25, 0.3) is 0 Å². The van der Waals surface area contributed by atoms with E-state index in [9.17, 15) is 26.3 Å². The van der Waals surface area contributed by atoms with Gasteiger partial charge in [0.2, 0.25) is 0 Å². The lowest BCUT2D eigenvalue weighted by molar-refractivity contribution is -0.193. The number of hydrogen-bond acceptors (Lipinski definition) is 7. The summed E-state index contributed by atoms with van der Waals surface area (Å²) >= 11 is 0. The van der Waals surface area contributed by atoms with Gasteiger partial charge in [-0.3, -0.25) is 4.90 Å². The number of rotatable bonds is 5. The van der Waals surface area contributed by atoms with Crippen molar-refractivity contribution in [2.45, 2.75) is 25.4 Å². The monoisotopic (exact) mass is 515 g/mol. The Morgan fingerprint density at radius 1 is 1.06 bits per heavy atom. The predicted octanol–water partition coefficient (Wildman–Crippen LogP) is 3.41. The molecule has 1 aliphatic heterocycles. The first-order chi connectivity index (χ1) is 16.3. The summed E-state index contributed by atoms with van der Waals surface area (Å²) in [7, 11) is 1.74. The van der Waals surface area contributed by atoms with Crippen LogP contribution in [0.3, 0.4) is 0 Å². The number of carbonyl (C=O) groups is 2. The van der Waals surface area contributed by atoms with Crippen molar-refractivity contribution in [3.05, 3.63) is 48.0 Å². The van der Waals surface area contributed by atoms with E-state index in [1.54, 1.807) is 13.4 Å². The van der Waals surface area contributed by atoms with E-state index >= 15 is 0 Å². The summed E-state index contributed by atoms with van der Waals surface area (Å²) in [5, 5.41) is 14.2. The second-order valence-corrected chi connectivity index (χ2v) is 6.86. The third-order valence-corrected chi connectivity index (χ3v) is 4.26. The SMILES string of the molecule is COCCN1CCN(Cc2ccco2)Cc2cccnc21.O=C(O)C(F)(F)F.O=C(O)C(F)(F)F. The van der Waals surface area contributed by atoms with Crippen LogP contribution in [0.4, 0.5) is 32.2 Å². The van der Waals surface area contributed by atoms with Crippen LogP contribution in [0.2, 0.25) is 0 Å². The van der Waals surface area contributed by atoms with Crippen LogP contribution in [-0.4, -0.2) is 77.7 Å². The maximum absolute atomic E-state index is 10.6. The number of aromatic nitrogens is 1. The van der Waals surface area contributed by atoms with E-state index in [-0.39, 0.29) is 0 Å². The Bertz CT molecular complexity index is 897. The number of halogens is 6. The lowest BCUT2D eigenvalue weighted by Crippen LogP contribution is -2.33. The van der Waals surface area contributed by atoms with E-state index in [4.69, 9.17) is 29.0 Å².